The fraction of sp³-hybridized carbons (Fsp3) is 0.211. The molecule has 0 aliphatic heterocycles. The summed E-state index contributed by atoms with van der Waals surface area (Å²) in [7, 11) is 0. The topological polar surface area (TPSA) is 42.1 Å². The summed E-state index contributed by atoms with van der Waals surface area (Å²) in [5, 5.41) is 1.00. The molecule has 0 aliphatic rings. The molecule has 1 N–H and O–H groups in total. The monoisotopic (exact) mass is 293 g/mol. The van der Waals surface area contributed by atoms with E-state index in [1.807, 2.05) is 61.5 Å². The molecule has 0 atom stereocenters. The van der Waals surface area contributed by atoms with Crippen molar-refractivity contribution in [3.8, 4) is 5.75 Å². The zero-order valence-corrected chi connectivity index (χ0v) is 12.6. The minimum atomic E-state index is 0.158. The van der Waals surface area contributed by atoms with Gasteiger partial charge in [0.2, 0.25) is 0 Å². The Hall–Kier alpha value is -2.55. The van der Waals surface area contributed by atoms with E-state index in [-0.39, 0.29) is 5.78 Å². The Balaban J connectivity index is 1.76. The molecule has 0 aliphatic carbocycles. The number of carbonyl (C=O) groups is 1. The minimum Gasteiger partial charge on any atom is -0.489 e. The Kier molecular flexibility index (Phi) is 4.24. The summed E-state index contributed by atoms with van der Waals surface area (Å²) in [4.78, 5) is 15.1. The van der Waals surface area contributed by atoms with Crippen LogP contribution in [-0.4, -0.2) is 10.8 Å². The molecule has 2 aromatic carbocycles. The number of aromatic nitrogens is 1. The van der Waals surface area contributed by atoms with Gasteiger partial charge in [-0.1, -0.05) is 37.3 Å². The van der Waals surface area contributed by atoms with Crippen LogP contribution >= 0.6 is 0 Å². The number of rotatable bonds is 6. The van der Waals surface area contributed by atoms with Gasteiger partial charge in [0.05, 0.1) is 5.69 Å². The second-order valence-corrected chi connectivity index (χ2v) is 5.38. The number of fused-ring (bicyclic) bond motifs is 1. The third kappa shape index (κ3) is 3.19. The summed E-state index contributed by atoms with van der Waals surface area (Å²) in [6, 6.07) is 17.8. The SMILES string of the molecule is CCCC(=O)c1cc2cc(OCc3ccccc3)ccc2[nH]1. The lowest BCUT2D eigenvalue weighted by Gasteiger charge is -2.06. The summed E-state index contributed by atoms with van der Waals surface area (Å²) in [6.07, 6.45) is 1.43. The van der Waals surface area contributed by atoms with Crippen molar-refractivity contribution in [1.29, 1.82) is 0 Å². The van der Waals surface area contributed by atoms with Gasteiger partial charge in [-0.25, -0.2) is 0 Å². The molecule has 0 fully saturated rings. The Bertz CT molecular complexity index is 774. The molecule has 3 rings (SSSR count). The molecule has 3 aromatic rings. The molecule has 3 nitrogen and oxygen atoms in total. The number of nitrogens with one attached hydrogen (secondary N) is 1. The Morgan fingerprint density at radius 1 is 1.09 bits per heavy atom. The van der Waals surface area contributed by atoms with Crippen LogP contribution in [0.15, 0.2) is 54.6 Å². The molecule has 0 bridgehead atoms. The molecule has 0 unspecified atom stereocenters. The molecule has 0 saturated carbocycles. The van der Waals surface area contributed by atoms with Gasteiger partial charge in [0.15, 0.2) is 5.78 Å². The van der Waals surface area contributed by atoms with Crippen LogP contribution in [0.2, 0.25) is 0 Å². The van der Waals surface area contributed by atoms with Gasteiger partial charge in [-0.2, -0.15) is 0 Å². The van der Waals surface area contributed by atoms with Crippen molar-refractivity contribution in [2.45, 2.75) is 26.4 Å². The van der Waals surface area contributed by atoms with Gasteiger partial charge in [0.25, 0.3) is 0 Å². The number of ketones is 1. The maximum atomic E-state index is 11.9. The van der Waals surface area contributed by atoms with Crippen molar-refractivity contribution < 1.29 is 9.53 Å². The first-order chi connectivity index (χ1) is 10.8. The maximum Gasteiger partial charge on any atom is 0.179 e. The van der Waals surface area contributed by atoms with E-state index in [0.717, 1.165) is 28.6 Å². The summed E-state index contributed by atoms with van der Waals surface area (Å²) in [5.41, 5.74) is 2.78. The lowest BCUT2D eigenvalue weighted by molar-refractivity contribution is 0.0978. The molecule has 0 amide bonds. The third-order valence-corrected chi connectivity index (χ3v) is 3.62. The Morgan fingerprint density at radius 3 is 2.68 bits per heavy atom. The van der Waals surface area contributed by atoms with Crippen molar-refractivity contribution in [1.82, 2.24) is 4.98 Å². The highest BCUT2D eigenvalue weighted by Gasteiger charge is 2.09. The Morgan fingerprint density at radius 2 is 1.91 bits per heavy atom. The van der Waals surface area contributed by atoms with Crippen LogP contribution in [0.1, 0.15) is 35.8 Å². The third-order valence-electron chi connectivity index (χ3n) is 3.62. The molecule has 1 aromatic heterocycles. The average Bonchev–Trinajstić information content (AvgIpc) is 2.97. The largest absolute Gasteiger partial charge is 0.489 e. The quantitative estimate of drug-likeness (QED) is 0.668. The van der Waals surface area contributed by atoms with Crippen LogP contribution in [0.5, 0.6) is 5.75 Å². The van der Waals surface area contributed by atoms with Gasteiger partial charge in [-0.15, -0.1) is 0 Å². The second kappa shape index (κ2) is 6.48. The van der Waals surface area contributed by atoms with Crippen molar-refractivity contribution in [2.24, 2.45) is 0 Å². The number of carbonyl (C=O) groups excluding carboxylic acids is 1. The Labute approximate surface area is 129 Å². The maximum absolute atomic E-state index is 11.9. The number of hydrogen-bond acceptors (Lipinski definition) is 2. The fourth-order valence-corrected chi connectivity index (χ4v) is 2.45. The van der Waals surface area contributed by atoms with Crippen LogP contribution in [0.25, 0.3) is 10.9 Å². The summed E-state index contributed by atoms with van der Waals surface area (Å²) in [6.45, 7) is 2.55. The van der Waals surface area contributed by atoms with Crippen molar-refractivity contribution >= 4 is 16.7 Å². The van der Waals surface area contributed by atoms with Gasteiger partial charge >= 0.3 is 0 Å². The highest BCUT2D eigenvalue weighted by molar-refractivity contribution is 5.99. The van der Waals surface area contributed by atoms with Gasteiger partial charge in [-0.3, -0.25) is 4.79 Å². The van der Waals surface area contributed by atoms with Gasteiger partial charge in [0, 0.05) is 17.3 Å². The van der Waals surface area contributed by atoms with E-state index in [2.05, 4.69) is 4.98 Å². The first kappa shape index (κ1) is 14.4. The second-order valence-electron chi connectivity index (χ2n) is 5.38. The van der Waals surface area contributed by atoms with E-state index >= 15 is 0 Å². The zero-order chi connectivity index (χ0) is 15.4. The number of benzene rings is 2. The zero-order valence-electron chi connectivity index (χ0n) is 12.6. The van der Waals surface area contributed by atoms with Gasteiger partial charge < -0.3 is 9.72 Å². The minimum absolute atomic E-state index is 0.158. The highest BCUT2D eigenvalue weighted by Crippen LogP contribution is 2.23. The molecule has 3 heteroatoms. The van der Waals surface area contributed by atoms with Gasteiger partial charge in [0.1, 0.15) is 12.4 Å². The number of Topliss-reactive ketones (excluding diaryl/α,β-unsaturated/α-hetero) is 1. The van der Waals surface area contributed by atoms with Crippen LogP contribution in [0, 0.1) is 0 Å². The first-order valence-electron chi connectivity index (χ1n) is 7.59. The molecule has 0 radical (unpaired) electrons. The van der Waals surface area contributed by atoms with E-state index in [4.69, 9.17) is 4.74 Å². The predicted molar refractivity (Wildman–Crippen MR) is 88.3 cm³/mol. The number of H-pyrrole nitrogens is 1. The van der Waals surface area contributed by atoms with E-state index in [9.17, 15) is 4.79 Å². The standard InChI is InChI=1S/C19H19NO2/c1-2-6-19(21)18-12-15-11-16(9-10-17(15)20-18)22-13-14-7-4-3-5-8-14/h3-5,7-12,20H,2,6,13H2,1H3. The summed E-state index contributed by atoms with van der Waals surface area (Å²) in [5.74, 6) is 0.968. The molecule has 112 valence electrons. The average molecular weight is 293 g/mol. The lowest BCUT2D eigenvalue weighted by Crippen LogP contribution is -1.97. The summed E-state index contributed by atoms with van der Waals surface area (Å²) >= 11 is 0. The number of ether oxygens (including phenoxy) is 1. The van der Waals surface area contributed by atoms with Gasteiger partial charge in [-0.05, 0) is 36.2 Å². The molecule has 22 heavy (non-hydrogen) atoms. The summed E-state index contributed by atoms with van der Waals surface area (Å²) < 4.78 is 5.82. The van der Waals surface area contributed by atoms with Crippen LogP contribution in [-0.2, 0) is 6.61 Å². The molecular weight excluding hydrogens is 274 g/mol. The van der Waals surface area contributed by atoms with E-state index < -0.39 is 0 Å². The van der Waals surface area contributed by atoms with Crippen LogP contribution in [0.4, 0.5) is 0 Å². The van der Waals surface area contributed by atoms with Crippen LogP contribution in [0.3, 0.4) is 0 Å². The molecule has 1 heterocycles. The fourth-order valence-electron chi connectivity index (χ4n) is 2.45. The van der Waals surface area contributed by atoms with Crippen LogP contribution < -0.4 is 4.74 Å². The van der Waals surface area contributed by atoms with Crippen molar-refractivity contribution in [2.75, 3.05) is 0 Å². The molecule has 0 spiro atoms. The lowest BCUT2D eigenvalue weighted by atomic mass is 10.1. The van der Waals surface area contributed by atoms with E-state index in [1.54, 1.807) is 0 Å². The smallest absolute Gasteiger partial charge is 0.179 e. The number of hydrogen-bond donors (Lipinski definition) is 1. The normalized spacial score (nSPS) is 10.8. The molecular formula is C19H19NO2. The number of aromatic amines is 1. The first-order valence-corrected chi connectivity index (χ1v) is 7.59. The van der Waals surface area contributed by atoms with E-state index in [1.165, 1.54) is 0 Å². The molecule has 0 saturated heterocycles. The predicted octanol–water partition coefficient (Wildman–Crippen LogP) is 4.73. The highest BCUT2D eigenvalue weighted by atomic mass is 16.5. The van der Waals surface area contributed by atoms with E-state index in [0.29, 0.717) is 18.7 Å². The van der Waals surface area contributed by atoms with Crippen molar-refractivity contribution in [3.05, 3.63) is 65.9 Å². The van der Waals surface area contributed by atoms with Crippen molar-refractivity contribution in [3.63, 3.8) is 0 Å².